The van der Waals surface area contributed by atoms with Crippen molar-refractivity contribution in [3.05, 3.63) is 21.9 Å². The summed E-state index contributed by atoms with van der Waals surface area (Å²) >= 11 is 1.52. The normalized spacial score (nSPS) is 18.5. The molecule has 102 valence electrons. The lowest BCUT2D eigenvalue weighted by Gasteiger charge is -2.21. The van der Waals surface area contributed by atoms with E-state index < -0.39 is 6.10 Å². The molecule has 19 heavy (non-hydrogen) atoms. The van der Waals surface area contributed by atoms with Crippen molar-refractivity contribution in [2.24, 2.45) is 0 Å². The van der Waals surface area contributed by atoms with Gasteiger partial charge in [0.2, 0.25) is 0 Å². The molecule has 1 unspecified atom stereocenters. The van der Waals surface area contributed by atoms with Crippen LogP contribution in [0.1, 0.15) is 10.4 Å². The summed E-state index contributed by atoms with van der Waals surface area (Å²) in [7, 11) is 0. The van der Waals surface area contributed by atoms with E-state index in [-0.39, 0.29) is 12.5 Å². The molecule has 1 aliphatic rings. The van der Waals surface area contributed by atoms with Gasteiger partial charge in [-0.1, -0.05) is 11.8 Å². The van der Waals surface area contributed by atoms with Crippen LogP contribution in [0.5, 0.6) is 0 Å². The summed E-state index contributed by atoms with van der Waals surface area (Å²) in [5.41, 5.74) is 0.848. The minimum absolute atomic E-state index is 0.152. The molecule has 1 amide bonds. The van der Waals surface area contributed by atoms with Crippen LogP contribution in [0.25, 0.3) is 0 Å². The molecule has 0 spiro atoms. The van der Waals surface area contributed by atoms with Crippen LogP contribution in [0.3, 0.4) is 0 Å². The number of hydrogen-bond donors (Lipinski definition) is 2. The Labute approximate surface area is 115 Å². The summed E-state index contributed by atoms with van der Waals surface area (Å²) in [6, 6.07) is 1.89. The van der Waals surface area contributed by atoms with Gasteiger partial charge in [-0.25, -0.2) is 0 Å². The van der Waals surface area contributed by atoms with Crippen LogP contribution in [0, 0.1) is 11.8 Å². The lowest BCUT2D eigenvalue weighted by atomic mass is 10.3. The Bertz CT molecular complexity index is 482. The molecule has 1 aromatic rings. The highest BCUT2D eigenvalue weighted by Crippen LogP contribution is 2.13. The van der Waals surface area contributed by atoms with Gasteiger partial charge in [0.25, 0.3) is 5.91 Å². The van der Waals surface area contributed by atoms with Gasteiger partial charge in [-0.3, -0.25) is 4.79 Å². The minimum Gasteiger partial charge on any atom is -0.384 e. The van der Waals surface area contributed by atoms with Crippen molar-refractivity contribution in [1.29, 1.82) is 0 Å². The molecule has 1 atom stereocenters. The van der Waals surface area contributed by atoms with Crippen LogP contribution in [-0.2, 0) is 20.8 Å². The minimum atomic E-state index is -0.512. The fourth-order valence-electron chi connectivity index (χ4n) is 1.61. The SMILES string of the molecule is O=C(NCc1cc(C#CCO)cs1)C1COCCO1. The van der Waals surface area contributed by atoms with Crippen molar-refractivity contribution in [1.82, 2.24) is 5.32 Å². The highest BCUT2D eigenvalue weighted by Gasteiger charge is 2.22. The Hall–Kier alpha value is -1.39. The number of carbonyl (C=O) groups excluding carboxylic acids is 1. The van der Waals surface area contributed by atoms with E-state index in [0.29, 0.717) is 26.4 Å². The fourth-order valence-corrected chi connectivity index (χ4v) is 2.36. The largest absolute Gasteiger partial charge is 0.384 e. The van der Waals surface area contributed by atoms with Gasteiger partial charge in [0, 0.05) is 15.8 Å². The Balaban J connectivity index is 1.81. The second-order valence-corrected chi connectivity index (χ2v) is 4.91. The molecule has 2 heterocycles. The highest BCUT2D eigenvalue weighted by molar-refractivity contribution is 7.10. The van der Waals surface area contributed by atoms with Gasteiger partial charge in [0.05, 0.1) is 26.4 Å². The van der Waals surface area contributed by atoms with Crippen molar-refractivity contribution in [2.45, 2.75) is 12.6 Å². The first-order valence-electron chi connectivity index (χ1n) is 5.94. The molecular formula is C13H15NO4S. The molecule has 1 fully saturated rings. The number of hydrogen-bond acceptors (Lipinski definition) is 5. The van der Waals surface area contributed by atoms with E-state index in [2.05, 4.69) is 17.2 Å². The second kappa shape index (κ2) is 7.26. The molecule has 0 bridgehead atoms. The molecule has 2 rings (SSSR count). The maximum Gasteiger partial charge on any atom is 0.251 e. The van der Waals surface area contributed by atoms with Crippen LogP contribution in [0.15, 0.2) is 11.4 Å². The van der Waals surface area contributed by atoms with E-state index in [1.165, 1.54) is 11.3 Å². The van der Waals surface area contributed by atoms with Crippen LogP contribution >= 0.6 is 11.3 Å². The summed E-state index contributed by atoms with van der Waals surface area (Å²) in [6.07, 6.45) is -0.512. The lowest BCUT2D eigenvalue weighted by Crippen LogP contribution is -2.42. The van der Waals surface area contributed by atoms with Gasteiger partial charge < -0.3 is 19.9 Å². The summed E-state index contributed by atoms with van der Waals surface area (Å²) in [5, 5.41) is 13.3. The molecule has 0 aromatic carbocycles. The van der Waals surface area contributed by atoms with E-state index in [0.717, 1.165) is 10.4 Å². The Kier molecular flexibility index (Phi) is 5.36. The van der Waals surface area contributed by atoms with Gasteiger partial charge >= 0.3 is 0 Å². The quantitative estimate of drug-likeness (QED) is 0.773. The van der Waals surface area contributed by atoms with Gasteiger partial charge in [-0.15, -0.1) is 11.3 Å². The molecule has 5 nitrogen and oxygen atoms in total. The number of carbonyl (C=O) groups is 1. The average Bonchev–Trinajstić information content (AvgIpc) is 2.91. The topological polar surface area (TPSA) is 67.8 Å². The molecule has 1 aliphatic heterocycles. The maximum atomic E-state index is 11.8. The third kappa shape index (κ3) is 4.33. The van der Waals surface area contributed by atoms with Gasteiger partial charge in [-0.05, 0) is 6.07 Å². The fraction of sp³-hybridized carbons (Fsp3) is 0.462. The molecule has 0 saturated carbocycles. The van der Waals surface area contributed by atoms with Crippen molar-refractivity contribution >= 4 is 17.2 Å². The summed E-state index contributed by atoms with van der Waals surface area (Å²) in [4.78, 5) is 12.8. The molecule has 1 saturated heterocycles. The van der Waals surface area contributed by atoms with Gasteiger partial charge in [0.15, 0.2) is 6.10 Å². The monoisotopic (exact) mass is 281 g/mol. The highest BCUT2D eigenvalue weighted by atomic mass is 32.1. The zero-order valence-electron chi connectivity index (χ0n) is 10.3. The first-order chi connectivity index (χ1) is 9.29. The maximum absolute atomic E-state index is 11.8. The number of amides is 1. The number of nitrogens with one attached hydrogen (secondary N) is 1. The van der Waals surface area contributed by atoms with E-state index in [1.807, 2.05) is 11.4 Å². The van der Waals surface area contributed by atoms with Crippen molar-refractivity contribution in [2.75, 3.05) is 26.4 Å². The molecule has 2 N–H and O–H groups in total. The summed E-state index contributed by atoms with van der Waals surface area (Å²) in [5.74, 6) is 5.25. The molecule has 0 radical (unpaired) electrons. The lowest BCUT2D eigenvalue weighted by molar-refractivity contribution is -0.147. The predicted octanol–water partition coefficient (Wildman–Crippen LogP) is 0.123. The van der Waals surface area contributed by atoms with Crippen molar-refractivity contribution < 1.29 is 19.4 Å². The third-order valence-electron chi connectivity index (χ3n) is 2.51. The Morgan fingerprint density at radius 3 is 3.21 bits per heavy atom. The number of aliphatic hydroxyl groups is 1. The number of aliphatic hydroxyl groups excluding tert-OH is 1. The zero-order chi connectivity index (χ0) is 13.5. The van der Waals surface area contributed by atoms with Crippen molar-refractivity contribution in [3.8, 4) is 11.8 Å². The number of rotatable bonds is 3. The smallest absolute Gasteiger partial charge is 0.251 e. The van der Waals surface area contributed by atoms with Gasteiger partial charge in [-0.2, -0.15) is 0 Å². The molecule has 0 aliphatic carbocycles. The van der Waals surface area contributed by atoms with Crippen LogP contribution in [-0.4, -0.2) is 43.5 Å². The number of thiophene rings is 1. The van der Waals surface area contributed by atoms with E-state index in [1.54, 1.807) is 0 Å². The van der Waals surface area contributed by atoms with E-state index >= 15 is 0 Å². The standard InChI is InChI=1S/C13H15NO4S/c15-3-1-2-10-6-11(19-9-10)7-14-13(16)12-8-17-4-5-18-12/h6,9,12,15H,3-5,7-8H2,(H,14,16). The predicted molar refractivity (Wildman–Crippen MR) is 70.7 cm³/mol. The summed E-state index contributed by atoms with van der Waals surface area (Å²) < 4.78 is 10.5. The molecular weight excluding hydrogens is 266 g/mol. The molecule has 1 aromatic heterocycles. The first kappa shape index (κ1) is 14.0. The van der Waals surface area contributed by atoms with Crippen LogP contribution < -0.4 is 5.32 Å². The van der Waals surface area contributed by atoms with E-state index in [4.69, 9.17) is 14.6 Å². The van der Waals surface area contributed by atoms with Crippen LogP contribution in [0.4, 0.5) is 0 Å². The van der Waals surface area contributed by atoms with Crippen LogP contribution in [0.2, 0.25) is 0 Å². The molecule has 6 heteroatoms. The van der Waals surface area contributed by atoms with Crippen molar-refractivity contribution in [3.63, 3.8) is 0 Å². The number of ether oxygens (including phenoxy) is 2. The average molecular weight is 281 g/mol. The van der Waals surface area contributed by atoms with E-state index in [9.17, 15) is 4.79 Å². The zero-order valence-corrected chi connectivity index (χ0v) is 11.2. The first-order valence-corrected chi connectivity index (χ1v) is 6.82. The third-order valence-corrected chi connectivity index (χ3v) is 3.45. The second-order valence-electron chi connectivity index (χ2n) is 3.91. The van der Waals surface area contributed by atoms with Gasteiger partial charge in [0.1, 0.15) is 6.61 Å². The summed E-state index contributed by atoms with van der Waals surface area (Å²) in [6.45, 7) is 1.61. The Morgan fingerprint density at radius 2 is 2.47 bits per heavy atom. The Morgan fingerprint density at radius 1 is 1.58 bits per heavy atom.